The van der Waals surface area contributed by atoms with Gasteiger partial charge in [-0.2, -0.15) is 5.10 Å². The van der Waals surface area contributed by atoms with Crippen LogP contribution in [0.4, 0.5) is 10.2 Å². The molecule has 0 aliphatic carbocycles. The Labute approximate surface area is 138 Å². The molecule has 1 aliphatic heterocycles. The van der Waals surface area contributed by atoms with Crippen molar-refractivity contribution < 1.29 is 4.39 Å². The fraction of sp³-hybridized carbons (Fsp3) is 0.167. The van der Waals surface area contributed by atoms with E-state index in [-0.39, 0.29) is 5.82 Å². The van der Waals surface area contributed by atoms with Crippen molar-refractivity contribution >= 4 is 17.4 Å². The van der Waals surface area contributed by atoms with Crippen LogP contribution in [0, 0.1) is 5.82 Å². The van der Waals surface area contributed by atoms with Crippen LogP contribution < -0.4 is 5.32 Å². The Balaban J connectivity index is 1.72. The van der Waals surface area contributed by atoms with Crippen molar-refractivity contribution in [1.29, 1.82) is 0 Å². The summed E-state index contributed by atoms with van der Waals surface area (Å²) in [7, 11) is 0. The van der Waals surface area contributed by atoms with Crippen molar-refractivity contribution in [3.63, 3.8) is 0 Å². The van der Waals surface area contributed by atoms with Gasteiger partial charge in [0.15, 0.2) is 0 Å². The summed E-state index contributed by atoms with van der Waals surface area (Å²) >= 11 is 5.97. The van der Waals surface area contributed by atoms with Crippen molar-refractivity contribution in [3.05, 3.63) is 76.2 Å². The molecular formula is C18H15ClFN3. The second-order valence-corrected chi connectivity index (χ2v) is 6.08. The molecule has 1 N–H and O–H groups in total. The Bertz CT molecular complexity index is 838. The summed E-state index contributed by atoms with van der Waals surface area (Å²) in [5, 5.41) is 8.88. The van der Waals surface area contributed by atoms with E-state index in [0.717, 1.165) is 35.7 Å². The average molecular weight is 328 g/mol. The van der Waals surface area contributed by atoms with Crippen LogP contribution in [0.15, 0.2) is 48.5 Å². The Morgan fingerprint density at radius 3 is 2.57 bits per heavy atom. The van der Waals surface area contributed by atoms with Gasteiger partial charge in [0.1, 0.15) is 11.6 Å². The molecule has 0 atom stereocenters. The van der Waals surface area contributed by atoms with Gasteiger partial charge in [-0.3, -0.25) is 0 Å². The highest BCUT2D eigenvalue weighted by Gasteiger charge is 2.22. The summed E-state index contributed by atoms with van der Waals surface area (Å²) < 4.78 is 15.0. The SMILES string of the molecule is Fc1ccc(Cc2nn(-c3ccc(Cl)cc3)c3c2CCN3)cc1. The largest absolute Gasteiger partial charge is 0.369 e. The van der Waals surface area contributed by atoms with Crippen molar-refractivity contribution in [3.8, 4) is 5.69 Å². The first-order chi connectivity index (χ1) is 11.2. The fourth-order valence-electron chi connectivity index (χ4n) is 2.95. The van der Waals surface area contributed by atoms with E-state index in [9.17, 15) is 4.39 Å². The summed E-state index contributed by atoms with van der Waals surface area (Å²) in [6, 6.07) is 14.2. The molecule has 0 unspecified atom stereocenters. The summed E-state index contributed by atoms with van der Waals surface area (Å²) in [4.78, 5) is 0. The van der Waals surface area contributed by atoms with Crippen LogP contribution in [0.25, 0.3) is 5.69 Å². The minimum atomic E-state index is -0.215. The maximum absolute atomic E-state index is 13.1. The van der Waals surface area contributed by atoms with E-state index in [1.165, 1.54) is 17.7 Å². The number of nitrogens with zero attached hydrogens (tertiary/aromatic N) is 2. The first-order valence-corrected chi connectivity index (χ1v) is 7.93. The molecule has 2 heterocycles. The number of hydrogen-bond acceptors (Lipinski definition) is 2. The van der Waals surface area contributed by atoms with Gasteiger partial charge >= 0.3 is 0 Å². The van der Waals surface area contributed by atoms with Crippen LogP contribution in [-0.2, 0) is 12.8 Å². The number of benzene rings is 2. The molecule has 0 saturated carbocycles. The number of aromatic nitrogens is 2. The van der Waals surface area contributed by atoms with Gasteiger partial charge in [-0.25, -0.2) is 9.07 Å². The molecule has 0 saturated heterocycles. The molecule has 0 radical (unpaired) electrons. The molecule has 0 amide bonds. The minimum absolute atomic E-state index is 0.215. The molecule has 5 heteroatoms. The molecule has 4 rings (SSSR count). The van der Waals surface area contributed by atoms with Gasteiger partial charge in [-0.05, 0) is 48.4 Å². The molecule has 1 aromatic heterocycles. The summed E-state index contributed by atoms with van der Waals surface area (Å²) in [6.45, 7) is 0.914. The van der Waals surface area contributed by atoms with Gasteiger partial charge in [0, 0.05) is 23.6 Å². The topological polar surface area (TPSA) is 29.9 Å². The quantitative estimate of drug-likeness (QED) is 0.780. The highest BCUT2D eigenvalue weighted by molar-refractivity contribution is 6.30. The highest BCUT2D eigenvalue weighted by Crippen LogP contribution is 2.30. The lowest BCUT2D eigenvalue weighted by Gasteiger charge is -2.06. The Kier molecular flexibility index (Phi) is 3.54. The average Bonchev–Trinajstić information content (AvgIpc) is 3.14. The lowest BCUT2D eigenvalue weighted by Crippen LogP contribution is -2.05. The van der Waals surface area contributed by atoms with Crippen molar-refractivity contribution in [2.75, 3.05) is 11.9 Å². The number of hydrogen-bond donors (Lipinski definition) is 1. The second kappa shape index (κ2) is 5.70. The number of rotatable bonds is 3. The van der Waals surface area contributed by atoms with Crippen LogP contribution in [0.2, 0.25) is 5.02 Å². The smallest absolute Gasteiger partial charge is 0.133 e. The van der Waals surface area contributed by atoms with E-state index in [1.807, 2.05) is 41.1 Å². The van der Waals surface area contributed by atoms with E-state index in [2.05, 4.69) is 5.32 Å². The van der Waals surface area contributed by atoms with Gasteiger partial charge in [0.05, 0.1) is 11.4 Å². The Hall–Kier alpha value is -2.33. The zero-order chi connectivity index (χ0) is 15.8. The highest BCUT2D eigenvalue weighted by atomic mass is 35.5. The van der Waals surface area contributed by atoms with Crippen LogP contribution >= 0.6 is 11.6 Å². The lowest BCUT2D eigenvalue weighted by molar-refractivity contribution is 0.627. The third kappa shape index (κ3) is 2.70. The summed E-state index contributed by atoms with van der Waals surface area (Å²) in [5.74, 6) is 0.830. The monoisotopic (exact) mass is 327 g/mol. The third-order valence-corrected chi connectivity index (χ3v) is 4.34. The molecule has 116 valence electrons. The normalized spacial score (nSPS) is 13.0. The first-order valence-electron chi connectivity index (χ1n) is 7.56. The van der Waals surface area contributed by atoms with Crippen molar-refractivity contribution in [2.45, 2.75) is 12.8 Å². The number of anilines is 1. The first kappa shape index (κ1) is 14.3. The maximum Gasteiger partial charge on any atom is 0.133 e. The predicted molar refractivity (Wildman–Crippen MR) is 90.0 cm³/mol. The second-order valence-electron chi connectivity index (χ2n) is 5.64. The Morgan fingerprint density at radius 2 is 1.83 bits per heavy atom. The zero-order valence-electron chi connectivity index (χ0n) is 12.4. The number of nitrogens with one attached hydrogen (secondary N) is 1. The molecule has 2 aromatic carbocycles. The summed E-state index contributed by atoms with van der Waals surface area (Å²) in [5.41, 5.74) is 4.31. The molecule has 3 nitrogen and oxygen atoms in total. The van der Waals surface area contributed by atoms with Crippen LogP contribution in [0.5, 0.6) is 0 Å². The molecular weight excluding hydrogens is 313 g/mol. The van der Waals surface area contributed by atoms with Gasteiger partial charge in [-0.15, -0.1) is 0 Å². The van der Waals surface area contributed by atoms with E-state index < -0.39 is 0 Å². The number of halogens is 2. The number of fused-ring (bicyclic) bond motifs is 1. The van der Waals surface area contributed by atoms with Gasteiger partial charge in [0.25, 0.3) is 0 Å². The van der Waals surface area contributed by atoms with Crippen LogP contribution in [-0.4, -0.2) is 16.3 Å². The molecule has 3 aromatic rings. The molecule has 0 fully saturated rings. The van der Waals surface area contributed by atoms with E-state index in [0.29, 0.717) is 11.4 Å². The van der Waals surface area contributed by atoms with Gasteiger partial charge in [0.2, 0.25) is 0 Å². The van der Waals surface area contributed by atoms with Gasteiger partial charge in [-0.1, -0.05) is 23.7 Å². The minimum Gasteiger partial charge on any atom is -0.369 e. The Morgan fingerprint density at radius 1 is 1.09 bits per heavy atom. The molecule has 23 heavy (non-hydrogen) atoms. The van der Waals surface area contributed by atoms with E-state index >= 15 is 0 Å². The van der Waals surface area contributed by atoms with Crippen molar-refractivity contribution in [2.24, 2.45) is 0 Å². The molecule has 0 bridgehead atoms. The zero-order valence-corrected chi connectivity index (χ0v) is 13.1. The van der Waals surface area contributed by atoms with E-state index in [4.69, 9.17) is 16.7 Å². The van der Waals surface area contributed by atoms with Crippen LogP contribution in [0.3, 0.4) is 0 Å². The molecule has 0 spiro atoms. The summed E-state index contributed by atoms with van der Waals surface area (Å²) in [6.07, 6.45) is 1.66. The van der Waals surface area contributed by atoms with E-state index in [1.54, 1.807) is 0 Å². The standard InChI is InChI=1S/C18H15ClFN3/c19-13-3-7-15(8-4-13)23-18-16(9-10-21-18)17(22-23)11-12-1-5-14(20)6-2-12/h1-8,21H,9-11H2. The third-order valence-electron chi connectivity index (χ3n) is 4.09. The fourth-order valence-corrected chi connectivity index (χ4v) is 3.08. The lowest BCUT2D eigenvalue weighted by atomic mass is 10.1. The van der Waals surface area contributed by atoms with Gasteiger partial charge < -0.3 is 5.32 Å². The van der Waals surface area contributed by atoms with Crippen LogP contribution in [0.1, 0.15) is 16.8 Å². The predicted octanol–water partition coefficient (Wildman–Crippen LogP) is 4.22. The maximum atomic E-state index is 13.1. The molecule has 1 aliphatic rings. The van der Waals surface area contributed by atoms with Crippen molar-refractivity contribution in [1.82, 2.24) is 9.78 Å².